The molecule has 1 amide bonds. The highest BCUT2D eigenvalue weighted by Gasteiger charge is 2.37. The van der Waals surface area contributed by atoms with Gasteiger partial charge in [0.05, 0.1) is 11.5 Å². The summed E-state index contributed by atoms with van der Waals surface area (Å²) in [4.78, 5) is 34.1. The summed E-state index contributed by atoms with van der Waals surface area (Å²) in [7, 11) is 1.65. The Labute approximate surface area is 195 Å². The fraction of sp³-hybridized carbons (Fsp3) is 0.286. The Bertz CT molecular complexity index is 1310. The van der Waals surface area contributed by atoms with Crippen molar-refractivity contribution in [3.8, 4) is 5.75 Å². The van der Waals surface area contributed by atoms with Crippen LogP contribution in [0.3, 0.4) is 0 Å². The van der Waals surface area contributed by atoms with Crippen LogP contribution in [0.2, 0.25) is 0 Å². The summed E-state index contributed by atoms with van der Waals surface area (Å²) in [6.45, 7) is 1.46. The third kappa shape index (κ3) is 4.12. The van der Waals surface area contributed by atoms with E-state index in [0.717, 1.165) is 0 Å². The smallest absolute Gasteiger partial charge is 0.276 e. The standard InChI is InChI=1S/C21H19F3N6O3S/c1-29-8-15-19(18(29)20(32)26-11-4-12(22)17(24)13(23)5-11)33-9-10-6-30(7-14(10)28-34-15)21-25-3-2-16(31)27-21/h2-5,8,10,14,28H,6-7,9H2,1H3,(H,26,32)(H,25,27,31)/t10-,14-/m0/s1. The minimum absolute atomic E-state index is 0.0302. The van der Waals surface area contributed by atoms with Crippen molar-refractivity contribution in [1.29, 1.82) is 0 Å². The van der Waals surface area contributed by atoms with Gasteiger partial charge in [0, 0.05) is 68.4 Å². The monoisotopic (exact) mass is 492 g/mol. The zero-order valence-corrected chi connectivity index (χ0v) is 18.6. The van der Waals surface area contributed by atoms with Gasteiger partial charge in [0.15, 0.2) is 28.9 Å². The van der Waals surface area contributed by atoms with Gasteiger partial charge in [-0.05, 0) is 11.9 Å². The van der Waals surface area contributed by atoms with Crippen LogP contribution in [0.1, 0.15) is 10.5 Å². The highest BCUT2D eigenvalue weighted by Crippen LogP contribution is 2.37. The van der Waals surface area contributed by atoms with Gasteiger partial charge in [-0.1, -0.05) is 0 Å². The Hall–Kier alpha value is -3.45. The molecule has 0 saturated carbocycles. The number of nitrogens with zero attached hydrogens (tertiary/aromatic N) is 3. The van der Waals surface area contributed by atoms with Crippen molar-refractivity contribution in [3.05, 3.63) is 64.1 Å². The van der Waals surface area contributed by atoms with Crippen LogP contribution in [0, 0.1) is 23.4 Å². The van der Waals surface area contributed by atoms with Crippen molar-refractivity contribution in [1.82, 2.24) is 19.3 Å². The van der Waals surface area contributed by atoms with Crippen LogP contribution in [0.5, 0.6) is 5.75 Å². The molecule has 1 saturated heterocycles. The number of carbonyl (C=O) groups is 1. The molecule has 0 bridgehead atoms. The molecule has 1 aromatic carbocycles. The SMILES string of the molecule is Cn1cc2c(c1C(=O)Nc1cc(F)c(F)c(F)c1)OC[C@@H]1CN(c3nccc(=O)[nH]3)C[C@@H]1NS2. The van der Waals surface area contributed by atoms with Gasteiger partial charge in [0.25, 0.3) is 11.5 Å². The molecule has 3 N–H and O–H groups in total. The van der Waals surface area contributed by atoms with Gasteiger partial charge in [-0.2, -0.15) is 0 Å². The Morgan fingerprint density at radius 1 is 1.26 bits per heavy atom. The maximum Gasteiger partial charge on any atom is 0.276 e. The number of aromatic nitrogens is 3. The second-order valence-corrected chi connectivity index (χ2v) is 8.93. The minimum atomic E-state index is -1.61. The molecule has 0 unspecified atom stereocenters. The molecule has 5 rings (SSSR count). The first-order valence-electron chi connectivity index (χ1n) is 10.3. The summed E-state index contributed by atoms with van der Waals surface area (Å²) >= 11 is 1.30. The van der Waals surface area contributed by atoms with Crippen LogP contribution >= 0.6 is 11.9 Å². The lowest BCUT2D eigenvalue weighted by molar-refractivity contribution is 0.101. The van der Waals surface area contributed by atoms with E-state index in [-0.39, 0.29) is 35.5 Å². The van der Waals surface area contributed by atoms with Gasteiger partial charge in [-0.25, -0.2) is 18.2 Å². The van der Waals surface area contributed by atoms with E-state index in [2.05, 4.69) is 20.0 Å². The second kappa shape index (κ2) is 8.72. The Balaban J connectivity index is 1.35. The molecule has 4 heterocycles. The lowest BCUT2D eigenvalue weighted by atomic mass is 10.1. The number of amides is 1. The average Bonchev–Trinajstić information content (AvgIpc) is 3.32. The quantitative estimate of drug-likeness (QED) is 0.381. The summed E-state index contributed by atoms with van der Waals surface area (Å²) in [5.74, 6) is -4.25. The molecule has 13 heteroatoms. The van der Waals surface area contributed by atoms with Crippen LogP contribution in [-0.2, 0) is 7.05 Å². The number of ether oxygens (including phenoxy) is 1. The molecule has 2 aliphatic rings. The number of aromatic amines is 1. The molecule has 2 aliphatic heterocycles. The van der Waals surface area contributed by atoms with Crippen molar-refractivity contribution in [2.45, 2.75) is 10.9 Å². The zero-order chi connectivity index (χ0) is 24.0. The number of halogens is 3. The van der Waals surface area contributed by atoms with Crippen LogP contribution in [0.25, 0.3) is 0 Å². The summed E-state index contributed by atoms with van der Waals surface area (Å²) < 4.78 is 51.3. The first-order chi connectivity index (χ1) is 16.3. The number of fused-ring (bicyclic) bond motifs is 2. The molecule has 178 valence electrons. The summed E-state index contributed by atoms with van der Waals surface area (Å²) in [5.41, 5.74) is -0.307. The van der Waals surface area contributed by atoms with E-state index < -0.39 is 23.4 Å². The van der Waals surface area contributed by atoms with Gasteiger partial charge in [-0.3, -0.25) is 19.3 Å². The molecule has 0 aliphatic carbocycles. The molecular formula is C21H19F3N6O3S. The van der Waals surface area contributed by atoms with Crippen LogP contribution in [-0.4, -0.2) is 46.2 Å². The molecule has 1 fully saturated rings. The lowest BCUT2D eigenvalue weighted by Gasteiger charge is -2.23. The van der Waals surface area contributed by atoms with Crippen LogP contribution < -0.4 is 25.2 Å². The molecule has 0 spiro atoms. The van der Waals surface area contributed by atoms with Crippen LogP contribution in [0.4, 0.5) is 24.8 Å². The number of hydrogen-bond acceptors (Lipinski definition) is 7. The highest BCUT2D eigenvalue weighted by atomic mass is 32.2. The molecule has 34 heavy (non-hydrogen) atoms. The maximum atomic E-state index is 13.5. The highest BCUT2D eigenvalue weighted by molar-refractivity contribution is 7.97. The fourth-order valence-corrected chi connectivity index (χ4v) is 5.07. The number of aryl methyl sites for hydroxylation is 1. The number of carbonyl (C=O) groups excluding carboxylic acids is 1. The molecule has 0 radical (unpaired) electrons. The average molecular weight is 492 g/mol. The molecule has 3 aromatic rings. The number of rotatable bonds is 3. The predicted octanol–water partition coefficient (Wildman–Crippen LogP) is 2.27. The Morgan fingerprint density at radius 2 is 2.03 bits per heavy atom. The van der Waals surface area contributed by atoms with E-state index >= 15 is 0 Å². The third-order valence-electron chi connectivity index (χ3n) is 5.72. The summed E-state index contributed by atoms with van der Waals surface area (Å²) in [5, 5.41) is 2.39. The number of benzene rings is 1. The van der Waals surface area contributed by atoms with E-state index in [1.807, 2.05) is 4.90 Å². The Morgan fingerprint density at radius 3 is 2.76 bits per heavy atom. The van der Waals surface area contributed by atoms with Crippen molar-refractivity contribution in [2.24, 2.45) is 13.0 Å². The molecular weight excluding hydrogens is 473 g/mol. The van der Waals surface area contributed by atoms with E-state index in [9.17, 15) is 22.8 Å². The van der Waals surface area contributed by atoms with E-state index in [0.29, 0.717) is 41.8 Å². The van der Waals surface area contributed by atoms with Gasteiger partial charge < -0.3 is 19.5 Å². The van der Waals surface area contributed by atoms with Crippen molar-refractivity contribution in [2.75, 3.05) is 29.9 Å². The number of hydrogen-bond donors (Lipinski definition) is 3. The van der Waals surface area contributed by atoms with Gasteiger partial charge in [-0.15, -0.1) is 0 Å². The summed E-state index contributed by atoms with van der Waals surface area (Å²) in [6.07, 6.45) is 3.16. The van der Waals surface area contributed by atoms with Crippen molar-refractivity contribution >= 4 is 29.5 Å². The zero-order valence-electron chi connectivity index (χ0n) is 17.8. The minimum Gasteiger partial charge on any atom is -0.489 e. The fourth-order valence-electron chi connectivity index (χ4n) is 4.07. The first kappa shape index (κ1) is 22.3. The Kier molecular flexibility index (Phi) is 5.73. The first-order valence-corrected chi connectivity index (χ1v) is 11.1. The van der Waals surface area contributed by atoms with Gasteiger partial charge >= 0.3 is 0 Å². The predicted molar refractivity (Wildman–Crippen MR) is 119 cm³/mol. The topological polar surface area (TPSA) is 104 Å². The van der Waals surface area contributed by atoms with Crippen LogP contribution in [0.15, 0.2) is 40.3 Å². The maximum absolute atomic E-state index is 13.5. The van der Waals surface area contributed by atoms with Crippen molar-refractivity contribution in [3.63, 3.8) is 0 Å². The number of H-pyrrole nitrogens is 1. The summed E-state index contributed by atoms with van der Waals surface area (Å²) in [6, 6.07) is 2.79. The van der Waals surface area contributed by atoms with Gasteiger partial charge in [0.2, 0.25) is 5.95 Å². The second-order valence-electron chi connectivity index (χ2n) is 8.05. The molecule has 2 atom stereocenters. The van der Waals surface area contributed by atoms with E-state index in [4.69, 9.17) is 4.74 Å². The number of nitrogens with one attached hydrogen (secondary N) is 3. The molecule has 9 nitrogen and oxygen atoms in total. The van der Waals surface area contributed by atoms with Crippen molar-refractivity contribution < 1.29 is 22.7 Å². The van der Waals surface area contributed by atoms with E-state index in [1.54, 1.807) is 17.8 Å². The lowest BCUT2D eigenvalue weighted by Crippen LogP contribution is -2.36. The normalized spacial score (nSPS) is 19.6. The van der Waals surface area contributed by atoms with Gasteiger partial charge in [0.1, 0.15) is 0 Å². The number of anilines is 2. The molecule has 2 aromatic heterocycles. The van der Waals surface area contributed by atoms with E-state index in [1.165, 1.54) is 24.2 Å². The third-order valence-corrected chi connectivity index (χ3v) is 6.65. The largest absolute Gasteiger partial charge is 0.489 e.